The van der Waals surface area contributed by atoms with E-state index in [1.807, 2.05) is 0 Å². The van der Waals surface area contributed by atoms with Crippen molar-refractivity contribution in [2.24, 2.45) is 0 Å². The highest BCUT2D eigenvalue weighted by atomic mass is 16.5. The zero-order chi connectivity index (χ0) is 13.1. The Balaban J connectivity index is 1.90. The summed E-state index contributed by atoms with van der Waals surface area (Å²) in [5, 5.41) is 14.7. The SMILES string of the molecule is O=C(COC1CCNCC1)NCCCCCCO. The Labute approximate surface area is 109 Å². The van der Waals surface area contributed by atoms with Gasteiger partial charge >= 0.3 is 0 Å². The third kappa shape index (κ3) is 7.63. The van der Waals surface area contributed by atoms with Crippen LogP contribution in [-0.4, -0.2) is 50.0 Å². The first kappa shape index (κ1) is 15.4. The highest BCUT2D eigenvalue weighted by Crippen LogP contribution is 2.06. The first-order chi connectivity index (χ1) is 8.83. The molecule has 0 aromatic carbocycles. The minimum Gasteiger partial charge on any atom is -0.396 e. The minimum atomic E-state index is -0.0179. The van der Waals surface area contributed by atoms with Crippen molar-refractivity contribution in [2.45, 2.75) is 44.6 Å². The average Bonchev–Trinajstić information content (AvgIpc) is 2.41. The molecule has 0 atom stereocenters. The van der Waals surface area contributed by atoms with Crippen LogP contribution in [0.2, 0.25) is 0 Å². The van der Waals surface area contributed by atoms with Crippen LogP contribution in [0.5, 0.6) is 0 Å². The Morgan fingerprint density at radius 2 is 1.94 bits per heavy atom. The van der Waals surface area contributed by atoms with Crippen molar-refractivity contribution in [3.63, 3.8) is 0 Å². The predicted molar refractivity (Wildman–Crippen MR) is 70.4 cm³/mol. The van der Waals surface area contributed by atoms with Crippen LogP contribution in [0.25, 0.3) is 0 Å². The van der Waals surface area contributed by atoms with E-state index in [4.69, 9.17) is 9.84 Å². The third-order valence-corrected chi connectivity index (χ3v) is 3.14. The molecular weight excluding hydrogens is 232 g/mol. The Hall–Kier alpha value is -0.650. The molecule has 106 valence electrons. The van der Waals surface area contributed by atoms with E-state index < -0.39 is 0 Å². The van der Waals surface area contributed by atoms with Crippen LogP contribution in [-0.2, 0) is 9.53 Å². The van der Waals surface area contributed by atoms with E-state index in [-0.39, 0.29) is 25.2 Å². The Kier molecular flexibility index (Phi) is 8.81. The number of piperidine rings is 1. The maximum atomic E-state index is 11.5. The summed E-state index contributed by atoms with van der Waals surface area (Å²) >= 11 is 0. The van der Waals surface area contributed by atoms with Gasteiger partial charge in [0.05, 0.1) is 6.10 Å². The second kappa shape index (κ2) is 10.3. The summed E-state index contributed by atoms with van der Waals surface area (Å²) in [6, 6.07) is 0. The highest BCUT2D eigenvalue weighted by molar-refractivity contribution is 5.77. The van der Waals surface area contributed by atoms with Crippen molar-refractivity contribution in [3.8, 4) is 0 Å². The molecule has 0 bridgehead atoms. The summed E-state index contributed by atoms with van der Waals surface area (Å²) in [6.07, 6.45) is 6.13. The first-order valence-electron chi connectivity index (χ1n) is 7.03. The molecule has 5 nitrogen and oxygen atoms in total. The van der Waals surface area contributed by atoms with Crippen LogP contribution in [0.4, 0.5) is 0 Å². The fraction of sp³-hybridized carbons (Fsp3) is 0.923. The van der Waals surface area contributed by atoms with Gasteiger partial charge in [-0.2, -0.15) is 0 Å². The maximum Gasteiger partial charge on any atom is 0.246 e. The number of hydrogen-bond donors (Lipinski definition) is 3. The van der Waals surface area contributed by atoms with Crippen molar-refractivity contribution in [1.29, 1.82) is 0 Å². The summed E-state index contributed by atoms with van der Waals surface area (Å²) in [7, 11) is 0. The van der Waals surface area contributed by atoms with Gasteiger partial charge < -0.3 is 20.5 Å². The second-order valence-corrected chi connectivity index (χ2v) is 4.75. The number of rotatable bonds is 9. The molecular formula is C13H26N2O3. The van der Waals surface area contributed by atoms with Crippen molar-refractivity contribution >= 4 is 5.91 Å². The summed E-state index contributed by atoms with van der Waals surface area (Å²) in [6.45, 7) is 3.12. The number of carbonyl (C=O) groups excluding carboxylic acids is 1. The average molecular weight is 258 g/mol. The number of aliphatic hydroxyl groups is 1. The normalized spacial score (nSPS) is 16.7. The molecule has 1 fully saturated rings. The molecule has 3 N–H and O–H groups in total. The lowest BCUT2D eigenvalue weighted by molar-refractivity contribution is -0.128. The molecule has 0 unspecified atom stereocenters. The molecule has 0 aromatic rings. The largest absolute Gasteiger partial charge is 0.396 e. The molecule has 1 amide bonds. The van der Waals surface area contributed by atoms with Gasteiger partial charge in [-0.25, -0.2) is 0 Å². The summed E-state index contributed by atoms with van der Waals surface area (Å²) < 4.78 is 5.56. The van der Waals surface area contributed by atoms with E-state index in [1.54, 1.807) is 0 Å². The van der Waals surface area contributed by atoms with E-state index >= 15 is 0 Å². The third-order valence-electron chi connectivity index (χ3n) is 3.14. The van der Waals surface area contributed by atoms with E-state index in [0.29, 0.717) is 6.54 Å². The molecule has 5 heteroatoms. The number of carbonyl (C=O) groups is 1. The van der Waals surface area contributed by atoms with Crippen LogP contribution in [0.15, 0.2) is 0 Å². The molecule has 1 aliphatic rings. The zero-order valence-electron chi connectivity index (χ0n) is 11.1. The Morgan fingerprint density at radius 1 is 1.22 bits per heavy atom. The van der Waals surface area contributed by atoms with Gasteiger partial charge in [-0.05, 0) is 38.8 Å². The molecule has 1 rings (SSSR count). The minimum absolute atomic E-state index is 0.0179. The molecule has 0 radical (unpaired) electrons. The zero-order valence-corrected chi connectivity index (χ0v) is 11.1. The standard InChI is InChI=1S/C13H26N2O3/c16-10-4-2-1-3-7-15-13(17)11-18-12-5-8-14-9-6-12/h12,14,16H,1-11H2,(H,15,17). The van der Waals surface area contributed by atoms with Crippen molar-refractivity contribution in [2.75, 3.05) is 32.8 Å². The maximum absolute atomic E-state index is 11.5. The number of amides is 1. The van der Waals surface area contributed by atoms with Crippen molar-refractivity contribution < 1.29 is 14.6 Å². The molecule has 18 heavy (non-hydrogen) atoms. The lowest BCUT2D eigenvalue weighted by Gasteiger charge is -2.22. The van der Waals surface area contributed by atoms with Gasteiger partial charge in [0.25, 0.3) is 0 Å². The number of hydrogen-bond acceptors (Lipinski definition) is 4. The number of unbranched alkanes of at least 4 members (excludes halogenated alkanes) is 3. The lowest BCUT2D eigenvalue weighted by Crippen LogP contribution is -2.36. The van der Waals surface area contributed by atoms with Gasteiger partial charge in [0.1, 0.15) is 6.61 Å². The van der Waals surface area contributed by atoms with Gasteiger partial charge in [-0.3, -0.25) is 4.79 Å². The van der Waals surface area contributed by atoms with Gasteiger partial charge in [0.15, 0.2) is 0 Å². The quantitative estimate of drug-likeness (QED) is 0.524. The Bertz CT molecular complexity index is 218. The van der Waals surface area contributed by atoms with E-state index in [1.165, 1.54) is 0 Å². The smallest absolute Gasteiger partial charge is 0.246 e. The number of aliphatic hydroxyl groups excluding tert-OH is 1. The summed E-state index contributed by atoms with van der Waals surface area (Å²) in [5.74, 6) is -0.0179. The second-order valence-electron chi connectivity index (χ2n) is 4.75. The Morgan fingerprint density at radius 3 is 2.67 bits per heavy atom. The van der Waals surface area contributed by atoms with Gasteiger partial charge in [0.2, 0.25) is 5.91 Å². The fourth-order valence-corrected chi connectivity index (χ4v) is 2.02. The van der Waals surface area contributed by atoms with Gasteiger partial charge in [-0.1, -0.05) is 12.8 Å². The van der Waals surface area contributed by atoms with Gasteiger partial charge in [0, 0.05) is 13.2 Å². The topological polar surface area (TPSA) is 70.6 Å². The fourth-order valence-electron chi connectivity index (χ4n) is 2.02. The van der Waals surface area contributed by atoms with Crippen LogP contribution in [0, 0.1) is 0 Å². The number of ether oxygens (including phenoxy) is 1. The molecule has 0 aliphatic carbocycles. The molecule has 0 saturated carbocycles. The summed E-state index contributed by atoms with van der Waals surface area (Å²) in [4.78, 5) is 11.5. The van der Waals surface area contributed by atoms with E-state index in [2.05, 4.69) is 10.6 Å². The molecule has 0 spiro atoms. The molecule has 1 heterocycles. The van der Waals surface area contributed by atoms with Crippen molar-refractivity contribution in [1.82, 2.24) is 10.6 Å². The van der Waals surface area contributed by atoms with Crippen LogP contribution < -0.4 is 10.6 Å². The molecule has 1 aliphatic heterocycles. The molecule has 1 saturated heterocycles. The van der Waals surface area contributed by atoms with E-state index in [9.17, 15) is 4.79 Å². The number of nitrogens with one attached hydrogen (secondary N) is 2. The lowest BCUT2D eigenvalue weighted by atomic mass is 10.1. The highest BCUT2D eigenvalue weighted by Gasteiger charge is 2.14. The molecule has 0 aromatic heterocycles. The first-order valence-corrected chi connectivity index (χ1v) is 7.03. The van der Waals surface area contributed by atoms with Crippen LogP contribution in [0.3, 0.4) is 0 Å². The van der Waals surface area contributed by atoms with Crippen LogP contribution >= 0.6 is 0 Å². The monoisotopic (exact) mass is 258 g/mol. The van der Waals surface area contributed by atoms with E-state index in [0.717, 1.165) is 51.6 Å². The van der Waals surface area contributed by atoms with Gasteiger partial charge in [-0.15, -0.1) is 0 Å². The predicted octanol–water partition coefficient (Wildman–Crippen LogP) is 0.424. The van der Waals surface area contributed by atoms with Crippen molar-refractivity contribution in [3.05, 3.63) is 0 Å². The summed E-state index contributed by atoms with van der Waals surface area (Å²) in [5.41, 5.74) is 0. The van der Waals surface area contributed by atoms with Crippen LogP contribution in [0.1, 0.15) is 38.5 Å².